The fourth-order valence-electron chi connectivity index (χ4n) is 7.78. The summed E-state index contributed by atoms with van der Waals surface area (Å²) in [7, 11) is 0. The highest BCUT2D eigenvalue weighted by molar-refractivity contribution is 5.77. The number of allylic oxidation sites excluding steroid dienone is 2. The van der Waals surface area contributed by atoms with E-state index >= 15 is 0 Å². The van der Waals surface area contributed by atoms with Crippen LogP contribution in [0.3, 0.4) is 0 Å². The average Bonchev–Trinajstić information content (AvgIpc) is 3.19. The molecule has 0 aliphatic rings. The second-order valence-electron chi connectivity index (χ2n) is 17.2. The van der Waals surface area contributed by atoms with Crippen LogP contribution >= 0.6 is 0 Å². The highest BCUT2D eigenvalue weighted by atomic mass is 16.5. The Hall–Kier alpha value is -1.40. The summed E-state index contributed by atoms with van der Waals surface area (Å²) in [5.74, 6) is -0.485. The minimum Gasteiger partial charge on any atom is -0.462 e. The van der Waals surface area contributed by atoms with Gasteiger partial charge in [-0.3, -0.25) is 9.59 Å². The van der Waals surface area contributed by atoms with Gasteiger partial charge in [-0.25, -0.2) is 0 Å². The van der Waals surface area contributed by atoms with E-state index in [0.717, 1.165) is 51.4 Å². The van der Waals surface area contributed by atoms with Crippen LogP contribution in [0.1, 0.15) is 271 Å². The third-order valence-corrected chi connectivity index (χ3v) is 11.6. The molecule has 0 bridgehead atoms. The summed E-state index contributed by atoms with van der Waals surface area (Å²) in [5.41, 5.74) is 0. The second-order valence-corrected chi connectivity index (χ2v) is 17.2. The smallest absolute Gasteiger partial charge is 0.306 e. The summed E-state index contributed by atoms with van der Waals surface area (Å²) < 4.78 is 5.88. The standard InChI is InChI=1S/C50H97NO5/c1-4-7-10-13-16-18-20-22-24-25-26-28-30-33-36-39-42-48(53)47(45-52)51-49(54)44-46(41-38-35-32-15-12-9-6-3)56-50(55)43-40-37-34-31-29-27-23-21-19-17-14-11-8-5-2/h27,29,46-48,52-53H,4-26,28,30-45H2,1-3H3,(H,51,54)/b29-27-. The SMILES string of the molecule is CCCCCCCCC/C=C\CCCCCC(=O)OC(CCCCCCCCC)CC(=O)NC(CO)C(O)CCCCCCCCCCCCCCCCCC. The Morgan fingerprint density at radius 3 is 1.27 bits per heavy atom. The van der Waals surface area contributed by atoms with Gasteiger partial charge in [0.15, 0.2) is 0 Å². The van der Waals surface area contributed by atoms with Crippen LogP contribution in [0.2, 0.25) is 0 Å². The molecule has 0 rings (SSSR count). The zero-order valence-corrected chi connectivity index (χ0v) is 37.8. The first-order valence-corrected chi connectivity index (χ1v) is 24.9. The normalized spacial score (nSPS) is 13.3. The van der Waals surface area contributed by atoms with Crippen molar-refractivity contribution < 1.29 is 24.5 Å². The molecule has 0 aliphatic heterocycles. The molecule has 0 spiro atoms. The van der Waals surface area contributed by atoms with E-state index in [1.54, 1.807) is 0 Å². The van der Waals surface area contributed by atoms with Crippen LogP contribution in [0.25, 0.3) is 0 Å². The van der Waals surface area contributed by atoms with Crippen LogP contribution in [0.4, 0.5) is 0 Å². The maximum Gasteiger partial charge on any atom is 0.306 e. The van der Waals surface area contributed by atoms with Crippen molar-refractivity contribution in [2.24, 2.45) is 0 Å². The van der Waals surface area contributed by atoms with Crippen molar-refractivity contribution in [1.29, 1.82) is 0 Å². The van der Waals surface area contributed by atoms with E-state index in [4.69, 9.17) is 4.74 Å². The zero-order valence-electron chi connectivity index (χ0n) is 37.8. The highest BCUT2D eigenvalue weighted by Crippen LogP contribution is 2.18. The quantitative estimate of drug-likeness (QED) is 0.0324. The lowest BCUT2D eigenvalue weighted by Gasteiger charge is -2.24. The van der Waals surface area contributed by atoms with Gasteiger partial charge in [0.2, 0.25) is 5.91 Å². The number of carbonyl (C=O) groups is 2. The van der Waals surface area contributed by atoms with Crippen molar-refractivity contribution in [3.63, 3.8) is 0 Å². The Kier molecular flexibility index (Phi) is 43.6. The van der Waals surface area contributed by atoms with Crippen LogP contribution in [0.15, 0.2) is 12.2 Å². The Morgan fingerprint density at radius 1 is 0.500 bits per heavy atom. The molecule has 3 N–H and O–H groups in total. The molecule has 0 saturated carbocycles. The summed E-state index contributed by atoms with van der Waals surface area (Å²) in [4.78, 5) is 25.9. The largest absolute Gasteiger partial charge is 0.462 e. The molecular weight excluding hydrogens is 695 g/mol. The number of ether oxygens (including phenoxy) is 1. The summed E-state index contributed by atoms with van der Waals surface area (Å²) in [6.45, 7) is 6.46. The molecule has 0 saturated heterocycles. The van der Waals surface area contributed by atoms with Gasteiger partial charge in [-0.1, -0.05) is 219 Å². The van der Waals surface area contributed by atoms with Crippen LogP contribution in [0.5, 0.6) is 0 Å². The lowest BCUT2D eigenvalue weighted by Crippen LogP contribution is -2.46. The summed E-state index contributed by atoms with van der Waals surface area (Å²) in [6.07, 6.45) is 48.6. The molecule has 0 aromatic carbocycles. The molecule has 332 valence electrons. The van der Waals surface area contributed by atoms with E-state index < -0.39 is 18.2 Å². The summed E-state index contributed by atoms with van der Waals surface area (Å²) >= 11 is 0. The number of hydrogen-bond donors (Lipinski definition) is 3. The molecule has 0 fully saturated rings. The highest BCUT2D eigenvalue weighted by Gasteiger charge is 2.24. The zero-order chi connectivity index (χ0) is 41.0. The van der Waals surface area contributed by atoms with Gasteiger partial charge in [0.1, 0.15) is 6.10 Å². The third-order valence-electron chi connectivity index (χ3n) is 11.6. The number of nitrogens with one attached hydrogen (secondary N) is 1. The van der Waals surface area contributed by atoms with Crippen molar-refractivity contribution in [1.82, 2.24) is 5.32 Å². The Bertz CT molecular complexity index is 847. The first-order chi connectivity index (χ1) is 27.5. The van der Waals surface area contributed by atoms with Crippen molar-refractivity contribution in [2.75, 3.05) is 6.61 Å². The number of esters is 1. The predicted molar refractivity (Wildman–Crippen MR) is 241 cm³/mol. The number of carbonyl (C=O) groups excluding carboxylic acids is 2. The lowest BCUT2D eigenvalue weighted by molar-refractivity contribution is -0.151. The third kappa shape index (κ3) is 39.4. The number of amides is 1. The summed E-state index contributed by atoms with van der Waals surface area (Å²) in [6, 6.07) is -0.696. The Labute approximate surface area is 349 Å². The van der Waals surface area contributed by atoms with E-state index in [1.165, 1.54) is 173 Å². The predicted octanol–water partition coefficient (Wildman–Crippen LogP) is 14.6. The Balaban J connectivity index is 4.35. The molecule has 6 heteroatoms. The molecule has 0 heterocycles. The molecule has 6 nitrogen and oxygen atoms in total. The molecule has 3 unspecified atom stereocenters. The monoisotopic (exact) mass is 792 g/mol. The fourth-order valence-corrected chi connectivity index (χ4v) is 7.78. The molecular formula is C50H97NO5. The van der Waals surface area contributed by atoms with Crippen molar-refractivity contribution >= 4 is 11.9 Å². The van der Waals surface area contributed by atoms with Crippen molar-refractivity contribution in [2.45, 2.75) is 289 Å². The molecule has 0 aromatic heterocycles. The van der Waals surface area contributed by atoms with Crippen molar-refractivity contribution in [3.05, 3.63) is 12.2 Å². The van der Waals surface area contributed by atoms with Gasteiger partial charge in [-0.2, -0.15) is 0 Å². The molecule has 3 atom stereocenters. The number of aliphatic hydroxyl groups is 2. The van der Waals surface area contributed by atoms with Crippen LogP contribution in [0, 0.1) is 0 Å². The number of unbranched alkanes of at least 4 members (excludes halogenated alkanes) is 31. The van der Waals surface area contributed by atoms with Gasteiger partial charge < -0.3 is 20.3 Å². The van der Waals surface area contributed by atoms with E-state index in [-0.39, 0.29) is 24.9 Å². The second kappa shape index (κ2) is 44.7. The molecule has 56 heavy (non-hydrogen) atoms. The maximum absolute atomic E-state index is 13.1. The topological polar surface area (TPSA) is 95.9 Å². The van der Waals surface area contributed by atoms with Gasteiger partial charge in [-0.15, -0.1) is 0 Å². The lowest BCUT2D eigenvalue weighted by atomic mass is 10.0. The number of hydrogen-bond acceptors (Lipinski definition) is 5. The van der Waals surface area contributed by atoms with Crippen LogP contribution in [-0.2, 0) is 14.3 Å². The van der Waals surface area contributed by atoms with E-state index in [9.17, 15) is 19.8 Å². The van der Waals surface area contributed by atoms with E-state index in [2.05, 4.69) is 38.2 Å². The maximum atomic E-state index is 13.1. The average molecular weight is 792 g/mol. The van der Waals surface area contributed by atoms with Gasteiger partial charge in [0.05, 0.1) is 25.2 Å². The first-order valence-electron chi connectivity index (χ1n) is 24.9. The van der Waals surface area contributed by atoms with Gasteiger partial charge in [0, 0.05) is 6.42 Å². The minimum atomic E-state index is -0.783. The Morgan fingerprint density at radius 2 is 0.857 bits per heavy atom. The molecule has 1 amide bonds. The molecule has 0 aromatic rings. The fraction of sp³-hybridized carbons (Fsp3) is 0.920. The van der Waals surface area contributed by atoms with Crippen LogP contribution < -0.4 is 5.32 Å². The van der Waals surface area contributed by atoms with Crippen molar-refractivity contribution in [3.8, 4) is 0 Å². The van der Waals surface area contributed by atoms with Gasteiger partial charge >= 0.3 is 5.97 Å². The van der Waals surface area contributed by atoms with Gasteiger partial charge in [-0.05, 0) is 51.4 Å². The molecule has 0 radical (unpaired) electrons. The molecule has 0 aliphatic carbocycles. The number of aliphatic hydroxyl groups excluding tert-OH is 2. The van der Waals surface area contributed by atoms with Crippen LogP contribution in [-0.4, -0.2) is 46.9 Å². The number of rotatable bonds is 45. The minimum absolute atomic E-state index is 0.0768. The van der Waals surface area contributed by atoms with Gasteiger partial charge in [0.25, 0.3) is 0 Å². The van der Waals surface area contributed by atoms with E-state index in [1.807, 2.05) is 0 Å². The van der Waals surface area contributed by atoms with E-state index in [0.29, 0.717) is 19.3 Å². The first kappa shape index (κ1) is 54.6. The summed E-state index contributed by atoms with van der Waals surface area (Å²) in [5, 5.41) is 23.7.